The highest BCUT2D eigenvalue weighted by atomic mass is 32.1. The number of nitro groups is 1. The number of amides is 1. The molecule has 0 saturated heterocycles. The summed E-state index contributed by atoms with van der Waals surface area (Å²) >= 11 is 8.01. The first-order valence-corrected chi connectivity index (χ1v) is 11.9. The second-order valence-electron chi connectivity index (χ2n) is 7.26. The van der Waals surface area contributed by atoms with Crippen molar-refractivity contribution < 1.29 is 19.2 Å². The highest BCUT2D eigenvalue weighted by Crippen LogP contribution is 2.38. The van der Waals surface area contributed by atoms with Crippen molar-refractivity contribution in [3.63, 3.8) is 0 Å². The minimum Gasteiger partial charge on any atom is -0.465 e. The van der Waals surface area contributed by atoms with Gasteiger partial charge in [0.1, 0.15) is 5.00 Å². The van der Waals surface area contributed by atoms with Crippen molar-refractivity contribution in [2.75, 3.05) is 12.4 Å². The van der Waals surface area contributed by atoms with Gasteiger partial charge in [-0.05, 0) is 55.6 Å². The third-order valence-corrected chi connectivity index (χ3v) is 7.73. The van der Waals surface area contributed by atoms with E-state index in [-0.39, 0.29) is 10.8 Å². The smallest absolute Gasteiger partial charge is 0.341 e. The van der Waals surface area contributed by atoms with Crippen LogP contribution in [0.4, 0.5) is 10.7 Å². The second-order valence-corrected chi connectivity index (χ2v) is 9.86. The topological polar surface area (TPSA) is 111 Å². The fourth-order valence-corrected chi connectivity index (χ4v) is 6.18. The zero-order valence-electron chi connectivity index (χ0n) is 17.1. The predicted molar refractivity (Wildman–Crippen MR) is 129 cm³/mol. The number of carbonyl (C=O) groups is 2. The number of carbonyl (C=O) groups excluding carboxylic acids is 2. The highest BCUT2D eigenvalue weighted by Gasteiger charge is 2.26. The van der Waals surface area contributed by atoms with Crippen molar-refractivity contribution in [2.24, 2.45) is 0 Å². The van der Waals surface area contributed by atoms with Crippen molar-refractivity contribution in [1.29, 1.82) is 0 Å². The zero-order chi connectivity index (χ0) is 22.8. The Hall–Kier alpha value is -2.89. The standard InChI is InChI=1S/C21H19N3O5S3/c1-29-20(26)17-13-5-3-2-4-6-15(13)32-19(17)23-21(30)22-18(25)16-10-11-9-12(24(27)28)7-8-14(11)31-16/h7-10H,2-6H2,1H3,(H2,22,23,25,30). The van der Waals surface area contributed by atoms with Gasteiger partial charge < -0.3 is 10.1 Å². The monoisotopic (exact) mass is 489 g/mol. The Labute approximate surface area is 196 Å². The van der Waals surface area contributed by atoms with Gasteiger partial charge in [0.05, 0.1) is 22.5 Å². The van der Waals surface area contributed by atoms with Crippen molar-refractivity contribution >= 4 is 72.7 Å². The molecule has 3 aromatic rings. The average Bonchev–Trinajstić information content (AvgIpc) is 3.26. The summed E-state index contributed by atoms with van der Waals surface area (Å²) in [6.07, 6.45) is 4.92. The van der Waals surface area contributed by atoms with E-state index in [1.54, 1.807) is 12.1 Å². The molecular formula is C21H19N3O5S3. The van der Waals surface area contributed by atoms with Gasteiger partial charge in [-0.25, -0.2) is 4.79 Å². The molecule has 2 N–H and O–H groups in total. The zero-order valence-corrected chi connectivity index (χ0v) is 19.5. The Kier molecular flexibility index (Phi) is 6.49. The average molecular weight is 490 g/mol. The van der Waals surface area contributed by atoms with Crippen molar-refractivity contribution in [3.8, 4) is 0 Å². The summed E-state index contributed by atoms with van der Waals surface area (Å²) in [5, 5.41) is 17.8. The van der Waals surface area contributed by atoms with Gasteiger partial charge in [0.25, 0.3) is 11.6 Å². The number of rotatable bonds is 4. The molecule has 4 rings (SSSR count). The number of thiocarbonyl (C=S) groups is 1. The quantitative estimate of drug-likeness (QED) is 0.173. The normalized spacial score (nSPS) is 13.2. The van der Waals surface area contributed by atoms with Gasteiger partial charge in [0, 0.05) is 27.1 Å². The van der Waals surface area contributed by atoms with E-state index < -0.39 is 16.8 Å². The van der Waals surface area contributed by atoms with E-state index in [1.165, 1.54) is 41.9 Å². The number of esters is 1. The number of non-ortho nitro benzene ring substituents is 1. The van der Waals surface area contributed by atoms with E-state index in [1.807, 2.05) is 0 Å². The third kappa shape index (κ3) is 4.50. The fourth-order valence-electron chi connectivity index (χ4n) is 3.70. The second kappa shape index (κ2) is 9.31. The summed E-state index contributed by atoms with van der Waals surface area (Å²) in [5.74, 6) is -0.851. The molecule has 32 heavy (non-hydrogen) atoms. The lowest BCUT2D eigenvalue weighted by molar-refractivity contribution is -0.384. The number of hydrogen-bond acceptors (Lipinski definition) is 8. The van der Waals surface area contributed by atoms with Crippen LogP contribution in [0.2, 0.25) is 0 Å². The van der Waals surface area contributed by atoms with Crippen LogP contribution in [0.1, 0.15) is 49.7 Å². The number of aryl methyl sites for hydroxylation is 1. The molecule has 1 aromatic carbocycles. The highest BCUT2D eigenvalue weighted by molar-refractivity contribution is 7.80. The first-order chi connectivity index (χ1) is 15.4. The van der Waals surface area contributed by atoms with Gasteiger partial charge in [-0.2, -0.15) is 0 Å². The number of anilines is 1. The Morgan fingerprint density at radius 3 is 2.69 bits per heavy atom. The maximum atomic E-state index is 12.7. The number of ether oxygens (including phenoxy) is 1. The molecule has 166 valence electrons. The Bertz CT molecular complexity index is 1250. The minimum absolute atomic E-state index is 0.0350. The van der Waals surface area contributed by atoms with Gasteiger partial charge in [0.15, 0.2) is 5.11 Å². The SMILES string of the molecule is COC(=O)c1c(NC(=S)NC(=O)c2cc3cc([N+](=O)[O-])ccc3s2)sc2c1CCCCC2. The molecule has 11 heteroatoms. The van der Waals surface area contributed by atoms with Crippen LogP contribution in [0, 0.1) is 10.1 Å². The van der Waals surface area contributed by atoms with E-state index in [0.29, 0.717) is 20.8 Å². The molecule has 8 nitrogen and oxygen atoms in total. The van der Waals surface area contributed by atoms with E-state index in [4.69, 9.17) is 17.0 Å². The molecule has 0 atom stereocenters. The Balaban J connectivity index is 1.52. The number of fused-ring (bicyclic) bond motifs is 2. The number of benzene rings is 1. The van der Waals surface area contributed by atoms with Crippen LogP contribution in [-0.4, -0.2) is 29.0 Å². The largest absolute Gasteiger partial charge is 0.465 e. The van der Waals surface area contributed by atoms with Crippen LogP contribution in [-0.2, 0) is 17.6 Å². The molecule has 1 aliphatic rings. The Morgan fingerprint density at radius 1 is 1.16 bits per heavy atom. The van der Waals surface area contributed by atoms with Crippen LogP contribution in [0.5, 0.6) is 0 Å². The van der Waals surface area contributed by atoms with Crippen LogP contribution >= 0.6 is 34.9 Å². The van der Waals surface area contributed by atoms with E-state index in [0.717, 1.165) is 47.2 Å². The van der Waals surface area contributed by atoms with Crippen LogP contribution in [0.15, 0.2) is 24.3 Å². The molecule has 1 aliphatic carbocycles. The van der Waals surface area contributed by atoms with Crippen molar-refractivity contribution in [1.82, 2.24) is 5.32 Å². The first-order valence-electron chi connectivity index (χ1n) is 9.90. The molecular weight excluding hydrogens is 470 g/mol. The number of thiophene rings is 2. The minimum atomic E-state index is -0.475. The lowest BCUT2D eigenvalue weighted by Gasteiger charge is -2.10. The van der Waals surface area contributed by atoms with Gasteiger partial charge in [-0.15, -0.1) is 22.7 Å². The van der Waals surface area contributed by atoms with Crippen LogP contribution in [0.3, 0.4) is 0 Å². The number of methoxy groups -OCH3 is 1. The molecule has 0 aliphatic heterocycles. The maximum absolute atomic E-state index is 12.7. The summed E-state index contributed by atoms with van der Waals surface area (Å²) < 4.78 is 5.74. The first kappa shape index (κ1) is 22.3. The van der Waals surface area contributed by atoms with Crippen LogP contribution in [0.25, 0.3) is 10.1 Å². The van der Waals surface area contributed by atoms with Crippen LogP contribution < -0.4 is 10.6 Å². The van der Waals surface area contributed by atoms with E-state index >= 15 is 0 Å². The summed E-state index contributed by atoms with van der Waals surface area (Å²) in [6, 6.07) is 6.05. The number of nitrogens with one attached hydrogen (secondary N) is 2. The molecule has 1 amide bonds. The van der Waals surface area contributed by atoms with Gasteiger partial charge in [0.2, 0.25) is 0 Å². The molecule has 0 saturated carbocycles. The van der Waals surface area contributed by atoms with Crippen molar-refractivity contribution in [2.45, 2.75) is 32.1 Å². The summed E-state index contributed by atoms with van der Waals surface area (Å²) in [4.78, 5) is 37.2. The van der Waals surface area contributed by atoms with Gasteiger partial charge >= 0.3 is 5.97 Å². The van der Waals surface area contributed by atoms with Gasteiger partial charge in [-0.3, -0.25) is 20.2 Å². The number of hydrogen-bond donors (Lipinski definition) is 2. The van der Waals surface area contributed by atoms with Crippen molar-refractivity contribution in [3.05, 3.63) is 55.3 Å². The number of nitro benzene ring substituents is 1. The molecule has 2 heterocycles. The fraction of sp³-hybridized carbons (Fsp3) is 0.286. The predicted octanol–water partition coefficient (Wildman–Crippen LogP) is 5.05. The lowest BCUT2D eigenvalue weighted by Crippen LogP contribution is -2.33. The van der Waals surface area contributed by atoms with Gasteiger partial charge in [-0.1, -0.05) is 6.42 Å². The third-order valence-electron chi connectivity index (χ3n) is 5.20. The lowest BCUT2D eigenvalue weighted by atomic mass is 10.1. The van der Waals surface area contributed by atoms with E-state index in [2.05, 4.69) is 10.6 Å². The molecule has 0 unspecified atom stereocenters. The molecule has 0 radical (unpaired) electrons. The molecule has 0 spiro atoms. The summed E-state index contributed by atoms with van der Waals surface area (Å²) in [6.45, 7) is 0. The maximum Gasteiger partial charge on any atom is 0.341 e. The molecule has 2 aromatic heterocycles. The Morgan fingerprint density at radius 2 is 1.94 bits per heavy atom. The molecule has 0 bridgehead atoms. The number of nitrogens with zero attached hydrogens (tertiary/aromatic N) is 1. The molecule has 0 fully saturated rings. The van der Waals surface area contributed by atoms with E-state index in [9.17, 15) is 19.7 Å². The summed E-state index contributed by atoms with van der Waals surface area (Å²) in [7, 11) is 1.35. The summed E-state index contributed by atoms with van der Waals surface area (Å²) in [5.41, 5.74) is 1.45.